The molecular formula is C15H22F2N2. The van der Waals surface area contributed by atoms with Crippen molar-refractivity contribution in [1.82, 2.24) is 4.90 Å². The molecule has 0 saturated carbocycles. The number of likely N-dealkylation sites (tertiary alicyclic amines) is 1. The van der Waals surface area contributed by atoms with Crippen LogP contribution in [0.5, 0.6) is 0 Å². The molecule has 2 nitrogen and oxygen atoms in total. The van der Waals surface area contributed by atoms with E-state index in [1.165, 1.54) is 12.1 Å². The van der Waals surface area contributed by atoms with Crippen LogP contribution in [0.1, 0.15) is 31.9 Å². The Morgan fingerprint density at radius 2 is 1.84 bits per heavy atom. The van der Waals surface area contributed by atoms with Crippen molar-refractivity contribution in [1.29, 1.82) is 0 Å². The minimum Gasteiger partial charge on any atom is -0.329 e. The molecule has 0 radical (unpaired) electrons. The molecule has 1 fully saturated rings. The minimum atomic E-state index is -0.535. The van der Waals surface area contributed by atoms with E-state index in [0.717, 1.165) is 25.6 Å². The number of hydrogen-bond donors (Lipinski definition) is 1. The maximum absolute atomic E-state index is 13.3. The molecule has 1 heterocycles. The zero-order valence-corrected chi connectivity index (χ0v) is 11.6. The number of halogens is 2. The highest BCUT2D eigenvalue weighted by molar-refractivity contribution is 5.22. The second kappa shape index (κ2) is 5.97. The smallest absolute Gasteiger partial charge is 0.126 e. The molecule has 1 aliphatic rings. The molecule has 0 aromatic heterocycles. The van der Waals surface area contributed by atoms with Gasteiger partial charge in [-0.05, 0) is 42.5 Å². The average molecular weight is 268 g/mol. The van der Waals surface area contributed by atoms with Gasteiger partial charge in [0.15, 0.2) is 0 Å². The molecule has 4 heteroatoms. The summed E-state index contributed by atoms with van der Waals surface area (Å²) in [6.07, 6.45) is 1.11. The van der Waals surface area contributed by atoms with E-state index < -0.39 is 11.6 Å². The maximum atomic E-state index is 13.3. The lowest BCUT2D eigenvalue weighted by Crippen LogP contribution is -2.43. The quantitative estimate of drug-likeness (QED) is 0.913. The second-order valence-corrected chi connectivity index (χ2v) is 5.69. The summed E-state index contributed by atoms with van der Waals surface area (Å²) in [5.74, 6) is 0.207. The van der Waals surface area contributed by atoms with Crippen LogP contribution in [0.25, 0.3) is 0 Å². The van der Waals surface area contributed by atoms with Gasteiger partial charge in [-0.2, -0.15) is 0 Å². The van der Waals surface area contributed by atoms with Crippen molar-refractivity contribution in [2.75, 3.05) is 19.6 Å². The molecule has 2 rings (SSSR count). The standard InChI is InChI=1S/C15H22F2N2/c1-10-3-4-19(9-11(10)2)15(8-18)12-5-13(16)7-14(17)6-12/h5-7,10-11,15H,3-4,8-9,18H2,1-2H3. The van der Waals surface area contributed by atoms with Crippen LogP contribution < -0.4 is 5.73 Å². The van der Waals surface area contributed by atoms with Gasteiger partial charge in [0, 0.05) is 25.2 Å². The van der Waals surface area contributed by atoms with Gasteiger partial charge in [0.05, 0.1) is 0 Å². The van der Waals surface area contributed by atoms with Gasteiger partial charge in [0.2, 0.25) is 0 Å². The Morgan fingerprint density at radius 3 is 2.37 bits per heavy atom. The van der Waals surface area contributed by atoms with E-state index in [0.29, 0.717) is 23.9 Å². The van der Waals surface area contributed by atoms with Crippen molar-refractivity contribution >= 4 is 0 Å². The van der Waals surface area contributed by atoms with Crippen LogP contribution in [0, 0.1) is 23.5 Å². The highest BCUT2D eigenvalue weighted by Gasteiger charge is 2.28. The Morgan fingerprint density at radius 1 is 1.21 bits per heavy atom. The fraction of sp³-hybridized carbons (Fsp3) is 0.600. The van der Waals surface area contributed by atoms with Crippen molar-refractivity contribution in [3.05, 3.63) is 35.4 Å². The fourth-order valence-corrected chi connectivity index (χ4v) is 2.84. The van der Waals surface area contributed by atoms with Crippen molar-refractivity contribution in [3.8, 4) is 0 Å². The SMILES string of the molecule is CC1CCN(C(CN)c2cc(F)cc(F)c2)CC1C. The molecule has 19 heavy (non-hydrogen) atoms. The van der Waals surface area contributed by atoms with Crippen LogP contribution in [0.4, 0.5) is 8.78 Å². The first-order chi connectivity index (χ1) is 9.01. The lowest BCUT2D eigenvalue weighted by atomic mass is 9.87. The summed E-state index contributed by atoms with van der Waals surface area (Å²) in [5, 5.41) is 0. The molecule has 3 atom stereocenters. The molecule has 0 spiro atoms. The molecule has 1 saturated heterocycles. The Kier molecular flexibility index (Phi) is 4.53. The van der Waals surface area contributed by atoms with Crippen molar-refractivity contribution in [2.24, 2.45) is 17.6 Å². The van der Waals surface area contributed by atoms with Gasteiger partial charge < -0.3 is 5.73 Å². The molecule has 3 unspecified atom stereocenters. The van der Waals surface area contributed by atoms with Crippen LogP contribution >= 0.6 is 0 Å². The zero-order chi connectivity index (χ0) is 14.0. The molecule has 1 aliphatic heterocycles. The van der Waals surface area contributed by atoms with Gasteiger partial charge in [-0.15, -0.1) is 0 Å². The largest absolute Gasteiger partial charge is 0.329 e. The summed E-state index contributed by atoms with van der Waals surface area (Å²) in [5.41, 5.74) is 6.47. The Hall–Kier alpha value is -1.00. The molecule has 0 amide bonds. The predicted octanol–water partition coefficient (Wildman–Crippen LogP) is 2.94. The van der Waals surface area contributed by atoms with E-state index in [-0.39, 0.29) is 6.04 Å². The van der Waals surface area contributed by atoms with Crippen LogP contribution in [0.3, 0.4) is 0 Å². The van der Waals surface area contributed by atoms with E-state index in [4.69, 9.17) is 5.73 Å². The normalized spacial score (nSPS) is 26.4. The molecule has 1 aromatic rings. The first-order valence-electron chi connectivity index (χ1n) is 6.91. The van der Waals surface area contributed by atoms with Gasteiger partial charge >= 0.3 is 0 Å². The van der Waals surface area contributed by atoms with Gasteiger partial charge in [-0.25, -0.2) is 8.78 Å². The van der Waals surface area contributed by atoms with Gasteiger partial charge in [-0.1, -0.05) is 13.8 Å². The summed E-state index contributed by atoms with van der Waals surface area (Å²) in [6.45, 7) is 6.72. The zero-order valence-electron chi connectivity index (χ0n) is 11.6. The predicted molar refractivity (Wildman–Crippen MR) is 72.7 cm³/mol. The lowest BCUT2D eigenvalue weighted by Gasteiger charge is -2.40. The number of piperidine rings is 1. The monoisotopic (exact) mass is 268 g/mol. The Labute approximate surface area is 113 Å². The van der Waals surface area contributed by atoms with Gasteiger partial charge in [0.25, 0.3) is 0 Å². The third-order valence-corrected chi connectivity index (χ3v) is 4.30. The number of benzene rings is 1. The number of rotatable bonds is 3. The van der Waals surface area contributed by atoms with Gasteiger partial charge in [0.1, 0.15) is 11.6 Å². The first kappa shape index (κ1) is 14.4. The maximum Gasteiger partial charge on any atom is 0.126 e. The van der Waals surface area contributed by atoms with E-state index in [9.17, 15) is 8.78 Å². The van der Waals surface area contributed by atoms with E-state index >= 15 is 0 Å². The lowest BCUT2D eigenvalue weighted by molar-refractivity contribution is 0.0980. The van der Waals surface area contributed by atoms with Crippen molar-refractivity contribution in [3.63, 3.8) is 0 Å². The van der Waals surface area contributed by atoms with E-state index in [2.05, 4.69) is 18.7 Å². The summed E-state index contributed by atoms with van der Waals surface area (Å²) in [7, 11) is 0. The molecular weight excluding hydrogens is 246 g/mol. The van der Waals surface area contributed by atoms with Crippen LogP contribution in [0.15, 0.2) is 18.2 Å². The fourth-order valence-electron chi connectivity index (χ4n) is 2.84. The van der Waals surface area contributed by atoms with E-state index in [1.807, 2.05) is 0 Å². The topological polar surface area (TPSA) is 29.3 Å². The third kappa shape index (κ3) is 3.31. The van der Waals surface area contributed by atoms with Crippen molar-refractivity contribution < 1.29 is 8.78 Å². The highest BCUT2D eigenvalue weighted by atomic mass is 19.1. The number of nitrogens with two attached hydrogens (primary N) is 1. The molecule has 1 aromatic carbocycles. The van der Waals surface area contributed by atoms with Gasteiger partial charge in [-0.3, -0.25) is 4.90 Å². The molecule has 0 aliphatic carbocycles. The Bertz CT molecular complexity index is 416. The summed E-state index contributed by atoms with van der Waals surface area (Å²) in [6, 6.07) is 3.59. The molecule has 2 N–H and O–H groups in total. The first-order valence-corrected chi connectivity index (χ1v) is 6.91. The van der Waals surface area contributed by atoms with Crippen LogP contribution in [-0.2, 0) is 0 Å². The van der Waals surface area contributed by atoms with Crippen molar-refractivity contribution in [2.45, 2.75) is 26.3 Å². The second-order valence-electron chi connectivity index (χ2n) is 5.69. The average Bonchev–Trinajstić information content (AvgIpc) is 2.33. The van der Waals surface area contributed by atoms with E-state index in [1.54, 1.807) is 0 Å². The minimum absolute atomic E-state index is 0.0971. The Balaban J connectivity index is 2.19. The molecule has 0 bridgehead atoms. The highest BCUT2D eigenvalue weighted by Crippen LogP contribution is 2.29. The van der Waals surface area contributed by atoms with Crippen LogP contribution in [-0.4, -0.2) is 24.5 Å². The third-order valence-electron chi connectivity index (χ3n) is 4.30. The number of nitrogens with zero attached hydrogens (tertiary/aromatic N) is 1. The summed E-state index contributed by atoms with van der Waals surface area (Å²) < 4.78 is 26.7. The molecule has 106 valence electrons. The summed E-state index contributed by atoms with van der Waals surface area (Å²) in [4.78, 5) is 2.25. The van der Waals surface area contributed by atoms with Crippen LogP contribution in [0.2, 0.25) is 0 Å². The number of hydrogen-bond acceptors (Lipinski definition) is 2. The summed E-state index contributed by atoms with van der Waals surface area (Å²) >= 11 is 0.